The lowest BCUT2D eigenvalue weighted by molar-refractivity contribution is 0.0945. The van der Waals surface area contributed by atoms with Gasteiger partial charge >= 0.3 is 0 Å². The Kier molecular flexibility index (Phi) is 5.53. The van der Waals surface area contributed by atoms with E-state index in [-0.39, 0.29) is 5.91 Å². The van der Waals surface area contributed by atoms with Crippen LogP contribution >= 0.6 is 11.3 Å². The fraction of sp³-hybridized carbons (Fsp3) is 0.353. The minimum absolute atomic E-state index is 0.0473. The molecule has 1 unspecified atom stereocenters. The maximum absolute atomic E-state index is 12.2. The van der Waals surface area contributed by atoms with Gasteiger partial charge in [0.2, 0.25) is 0 Å². The second-order valence-electron chi connectivity index (χ2n) is 5.33. The number of amides is 1. The molecule has 21 heavy (non-hydrogen) atoms. The SMILES string of the molecule is CC(C)c1ccsc1C(=O)NCCC(O)c1ccccc1. The molecule has 4 heteroatoms. The summed E-state index contributed by atoms with van der Waals surface area (Å²) in [7, 11) is 0. The highest BCUT2D eigenvalue weighted by molar-refractivity contribution is 7.12. The molecular formula is C17H21NO2S. The van der Waals surface area contributed by atoms with E-state index in [0.29, 0.717) is 18.9 Å². The minimum Gasteiger partial charge on any atom is -0.388 e. The Labute approximate surface area is 129 Å². The molecule has 1 heterocycles. The van der Waals surface area contributed by atoms with E-state index in [4.69, 9.17) is 0 Å². The summed E-state index contributed by atoms with van der Waals surface area (Å²) in [5, 5.41) is 14.9. The van der Waals surface area contributed by atoms with Gasteiger partial charge in [-0.25, -0.2) is 0 Å². The number of carbonyl (C=O) groups excluding carboxylic acids is 1. The van der Waals surface area contributed by atoms with E-state index in [1.54, 1.807) is 0 Å². The van der Waals surface area contributed by atoms with Crippen molar-refractivity contribution < 1.29 is 9.90 Å². The highest BCUT2D eigenvalue weighted by Crippen LogP contribution is 2.24. The molecule has 0 bridgehead atoms. The average Bonchev–Trinajstić information content (AvgIpc) is 2.97. The van der Waals surface area contributed by atoms with E-state index < -0.39 is 6.10 Å². The van der Waals surface area contributed by atoms with Crippen LogP contribution in [0.5, 0.6) is 0 Å². The van der Waals surface area contributed by atoms with Gasteiger partial charge in [-0.05, 0) is 34.9 Å². The van der Waals surface area contributed by atoms with Gasteiger partial charge in [-0.2, -0.15) is 0 Å². The third-order valence-corrected chi connectivity index (χ3v) is 4.34. The summed E-state index contributed by atoms with van der Waals surface area (Å²) >= 11 is 1.47. The van der Waals surface area contributed by atoms with Crippen molar-refractivity contribution in [3.05, 3.63) is 57.8 Å². The highest BCUT2D eigenvalue weighted by Gasteiger charge is 2.15. The first kappa shape index (κ1) is 15.7. The molecule has 0 aliphatic rings. The van der Waals surface area contributed by atoms with E-state index in [1.807, 2.05) is 41.8 Å². The summed E-state index contributed by atoms with van der Waals surface area (Å²) in [6.07, 6.45) is -0.0302. The van der Waals surface area contributed by atoms with Crippen molar-refractivity contribution in [1.82, 2.24) is 5.32 Å². The molecule has 0 aliphatic heterocycles. The van der Waals surface area contributed by atoms with Gasteiger partial charge in [-0.1, -0.05) is 44.2 Å². The molecule has 1 aromatic carbocycles. The number of rotatable bonds is 6. The lowest BCUT2D eigenvalue weighted by Gasteiger charge is -2.12. The zero-order valence-electron chi connectivity index (χ0n) is 12.4. The normalized spacial score (nSPS) is 12.4. The Balaban J connectivity index is 1.86. The van der Waals surface area contributed by atoms with Crippen molar-refractivity contribution >= 4 is 17.2 Å². The zero-order chi connectivity index (χ0) is 15.2. The molecule has 2 aromatic rings. The van der Waals surface area contributed by atoms with E-state index in [1.165, 1.54) is 11.3 Å². The summed E-state index contributed by atoms with van der Waals surface area (Å²) in [5.41, 5.74) is 1.96. The number of aliphatic hydroxyl groups excluding tert-OH is 1. The molecule has 0 saturated heterocycles. The summed E-state index contributed by atoms with van der Waals surface area (Å²) in [4.78, 5) is 12.9. The predicted octanol–water partition coefficient (Wildman–Crippen LogP) is 3.73. The quantitative estimate of drug-likeness (QED) is 0.854. The Morgan fingerprint density at radius 3 is 2.62 bits per heavy atom. The van der Waals surface area contributed by atoms with Crippen LogP contribution in [0.2, 0.25) is 0 Å². The second-order valence-corrected chi connectivity index (χ2v) is 6.25. The van der Waals surface area contributed by atoms with Crippen molar-refractivity contribution in [1.29, 1.82) is 0 Å². The summed E-state index contributed by atoms with van der Waals surface area (Å²) in [6.45, 7) is 4.63. The molecule has 0 fully saturated rings. The number of hydrogen-bond acceptors (Lipinski definition) is 3. The van der Waals surface area contributed by atoms with Gasteiger partial charge in [0.1, 0.15) is 0 Å². The Bertz CT molecular complexity index is 577. The highest BCUT2D eigenvalue weighted by atomic mass is 32.1. The van der Waals surface area contributed by atoms with Gasteiger partial charge < -0.3 is 10.4 Å². The molecule has 0 radical (unpaired) electrons. The van der Waals surface area contributed by atoms with Crippen LogP contribution in [-0.2, 0) is 0 Å². The van der Waals surface area contributed by atoms with Crippen LogP contribution in [0.1, 0.15) is 53.1 Å². The third kappa shape index (κ3) is 4.16. The molecule has 1 amide bonds. The lowest BCUT2D eigenvalue weighted by Crippen LogP contribution is -2.25. The van der Waals surface area contributed by atoms with Crippen molar-refractivity contribution in [2.45, 2.75) is 32.3 Å². The summed E-state index contributed by atoms with van der Waals surface area (Å²) in [6, 6.07) is 11.5. The third-order valence-electron chi connectivity index (χ3n) is 3.41. The van der Waals surface area contributed by atoms with Gasteiger partial charge in [0.05, 0.1) is 11.0 Å². The van der Waals surface area contributed by atoms with Gasteiger partial charge in [0.25, 0.3) is 5.91 Å². The van der Waals surface area contributed by atoms with Crippen molar-refractivity contribution in [2.75, 3.05) is 6.54 Å². The average molecular weight is 303 g/mol. The fourth-order valence-corrected chi connectivity index (χ4v) is 3.17. The molecule has 3 nitrogen and oxygen atoms in total. The Morgan fingerprint density at radius 2 is 1.95 bits per heavy atom. The van der Waals surface area contributed by atoms with Crippen molar-refractivity contribution in [2.24, 2.45) is 0 Å². The van der Waals surface area contributed by atoms with Crippen LogP contribution in [0.15, 0.2) is 41.8 Å². The second kappa shape index (κ2) is 7.38. The maximum Gasteiger partial charge on any atom is 0.261 e. The molecule has 112 valence electrons. The molecule has 0 spiro atoms. The zero-order valence-corrected chi connectivity index (χ0v) is 13.2. The van der Waals surface area contributed by atoms with Gasteiger partial charge in [0, 0.05) is 6.54 Å². The first-order chi connectivity index (χ1) is 10.1. The first-order valence-electron chi connectivity index (χ1n) is 7.18. The molecule has 0 saturated carbocycles. The number of hydrogen-bond donors (Lipinski definition) is 2. The van der Waals surface area contributed by atoms with Crippen molar-refractivity contribution in [3.63, 3.8) is 0 Å². The molecule has 1 aromatic heterocycles. The summed E-state index contributed by atoms with van der Waals surface area (Å²) in [5.74, 6) is 0.292. The molecule has 0 aliphatic carbocycles. The Hall–Kier alpha value is -1.65. The minimum atomic E-state index is -0.542. The molecular weight excluding hydrogens is 282 g/mol. The van der Waals surface area contributed by atoms with Gasteiger partial charge in [0.15, 0.2) is 0 Å². The fourth-order valence-electron chi connectivity index (χ4n) is 2.20. The van der Waals surface area contributed by atoms with Crippen LogP contribution < -0.4 is 5.32 Å². The monoisotopic (exact) mass is 303 g/mol. The molecule has 2 rings (SSSR count). The Morgan fingerprint density at radius 1 is 1.24 bits per heavy atom. The van der Waals surface area contributed by atoms with Crippen LogP contribution in [0, 0.1) is 0 Å². The van der Waals surface area contributed by atoms with Crippen LogP contribution in [0.4, 0.5) is 0 Å². The van der Waals surface area contributed by atoms with Crippen LogP contribution in [0.3, 0.4) is 0 Å². The number of benzene rings is 1. The maximum atomic E-state index is 12.2. The number of nitrogens with one attached hydrogen (secondary N) is 1. The van der Waals surface area contributed by atoms with Crippen molar-refractivity contribution in [3.8, 4) is 0 Å². The molecule has 2 N–H and O–H groups in total. The van der Waals surface area contributed by atoms with E-state index in [9.17, 15) is 9.90 Å². The number of carbonyl (C=O) groups is 1. The topological polar surface area (TPSA) is 49.3 Å². The molecule has 1 atom stereocenters. The standard InChI is InChI=1S/C17H21NO2S/c1-12(2)14-9-11-21-16(14)17(20)18-10-8-15(19)13-6-4-3-5-7-13/h3-7,9,11-12,15,19H,8,10H2,1-2H3,(H,18,20). The number of thiophene rings is 1. The smallest absolute Gasteiger partial charge is 0.261 e. The van der Waals surface area contributed by atoms with Gasteiger partial charge in [-0.15, -0.1) is 11.3 Å². The summed E-state index contributed by atoms with van der Waals surface area (Å²) < 4.78 is 0. The van der Waals surface area contributed by atoms with E-state index in [2.05, 4.69) is 19.2 Å². The lowest BCUT2D eigenvalue weighted by atomic mass is 10.0. The largest absolute Gasteiger partial charge is 0.388 e. The predicted molar refractivity (Wildman–Crippen MR) is 86.8 cm³/mol. The van der Waals surface area contributed by atoms with E-state index >= 15 is 0 Å². The first-order valence-corrected chi connectivity index (χ1v) is 8.06. The van der Waals surface area contributed by atoms with Crippen LogP contribution in [-0.4, -0.2) is 17.6 Å². The van der Waals surface area contributed by atoms with Gasteiger partial charge in [-0.3, -0.25) is 4.79 Å². The number of aliphatic hydroxyl groups is 1. The van der Waals surface area contributed by atoms with E-state index in [0.717, 1.165) is 16.0 Å². The van der Waals surface area contributed by atoms with Crippen LogP contribution in [0.25, 0.3) is 0 Å².